The normalized spacial score (nSPS) is 9.75. The summed E-state index contributed by atoms with van der Waals surface area (Å²) >= 11 is 0. The van der Waals surface area contributed by atoms with Crippen LogP contribution in [0, 0.1) is 0 Å². The van der Waals surface area contributed by atoms with Crippen LogP contribution >= 0.6 is 0 Å². The average Bonchev–Trinajstić information content (AvgIpc) is 2.07. The monoisotopic (exact) mass is 187 g/mol. The minimum Gasteiger partial charge on any atom is -0.853 e. The molecule has 0 N–H and O–H groups in total. The maximum Gasteiger partial charge on any atom is 1.00 e. The molecule has 0 heterocycles. The van der Waals surface area contributed by atoms with Crippen LogP contribution in [0.1, 0.15) is 5.56 Å². The van der Waals surface area contributed by atoms with Crippen molar-refractivity contribution in [1.29, 1.82) is 0 Å². The third-order valence-electron chi connectivity index (χ3n) is 1.26. The van der Waals surface area contributed by atoms with Crippen molar-refractivity contribution in [2.75, 3.05) is 13.2 Å². The van der Waals surface area contributed by atoms with Crippen LogP contribution in [-0.2, 0) is 0 Å². The Morgan fingerprint density at radius 1 is 1.25 bits per heavy atom. The zero-order valence-electron chi connectivity index (χ0n) is 7.23. The molecular formula is C9H10KNO. The molecule has 0 fully saturated rings. The summed E-state index contributed by atoms with van der Waals surface area (Å²) in [5.74, 6) is 0. The van der Waals surface area contributed by atoms with Gasteiger partial charge in [-0.25, -0.2) is 0 Å². The van der Waals surface area contributed by atoms with E-state index in [1.165, 1.54) is 0 Å². The average molecular weight is 187 g/mol. The van der Waals surface area contributed by atoms with Gasteiger partial charge in [0.05, 0.1) is 0 Å². The van der Waals surface area contributed by atoms with Gasteiger partial charge in [-0.05, 0) is 5.56 Å². The molecule has 1 aromatic rings. The van der Waals surface area contributed by atoms with E-state index < -0.39 is 0 Å². The Labute approximate surface area is 115 Å². The Balaban J connectivity index is 0.00000121. The molecule has 0 aliphatic heterocycles. The molecular weight excluding hydrogens is 177 g/mol. The van der Waals surface area contributed by atoms with E-state index >= 15 is 0 Å². The third kappa shape index (κ3) is 5.19. The zero-order chi connectivity index (χ0) is 7.94. The minimum absolute atomic E-state index is 0. The Morgan fingerprint density at radius 2 is 1.92 bits per heavy atom. The molecule has 0 aliphatic rings. The second kappa shape index (κ2) is 8.10. The van der Waals surface area contributed by atoms with E-state index in [1.807, 2.05) is 30.3 Å². The molecule has 0 bridgehead atoms. The van der Waals surface area contributed by atoms with E-state index in [1.54, 1.807) is 6.21 Å². The van der Waals surface area contributed by atoms with Gasteiger partial charge in [-0.1, -0.05) is 30.3 Å². The van der Waals surface area contributed by atoms with Crippen LogP contribution in [0.5, 0.6) is 0 Å². The Kier molecular flexibility index (Phi) is 8.43. The Bertz CT molecular complexity index is 223. The van der Waals surface area contributed by atoms with Crippen molar-refractivity contribution in [2.45, 2.75) is 0 Å². The largest absolute Gasteiger partial charge is 1.00 e. The first-order valence-corrected chi connectivity index (χ1v) is 3.56. The molecule has 1 aromatic carbocycles. The summed E-state index contributed by atoms with van der Waals surface area (Å²) in [4.78, 5) is 3.92. The van der Waals surface area contributed by atoms with Crippen molar-refractivity contribution >= 4 is 6.21 Å². The number of aliphatic imine (C=N–C) groups is 1. The summed E-state index contributed by atoms with van der Waals surface area (Å²) in [5.41, 5.74) is 1.04. The van der Waals surface area contributed by atoms with Gasteiger partial charge < -0.3 is 5.11 Å². The molecule has 0 spiro atoms. The Hall–Kier alpha value is 0.486. The molecule has 0 radical (unpaired) electrons. The van der Waals surface area contributed by atoms with E-state index in [-0.39, 0.29) is 58.0 Å². The van der Waals surface area contributed by atoms with Crippen LogP contribution < -0.4 is 56.5 Å². The number of rotatable bonds is 3. The smallest absolute Gasteiger partial charge is 0.853 e. The molecule has 0 aliphatic carbocycles. The first kappa shape index (κ1) is 12.5. The molecule has 12 heavy (non-hydrogen) atoms. The molecule has 0 saturated carbocycles. The van der Waals surface area contributed by atoms with Gasteiger partial charge >= 0.3 is 51.4 Å². The first-order valence-electron chi connectivity index (χ1n) is 3.56. The van der Waals surface area contributed by atoms with Crippen molar-refractivity contribution in [1.82, 2.24) is 0 Å². The number of hydrogen-bond donors (Lipinski definition) is 0. The van der Waals surface area contributed by atoms with Crippen LogP contribution in [0.4, 0.5) is 0 Å². The van der Waals surface area contributed by atoms with E-state index in [4.69, 9.17) is 0 Å². The van der Waals surface area contributed by atoms with Crippen molar-refractivity contribution < 1.29 is 56.5 Å². The molecule has 0 saturated heterocycles. The first-order chi connectivity index (χ1) is 5.43. The quantitative estimate of drug-likeness (QED) is 0.380. The number of nitrogens with zero attached hydrogens (tertiary/aromatic N) is 1. The second-order valence-electron chi connectivity index (χ2n) is 2.15. The standard InChI is InChI=1S/C9H10NO.K/c11-7-6-10-8-9-4-2-1-3-5-9;/h1-5,8H,6-7H2;/q-1;+1. The van der Waals surface area contributed by atoms with E-state index in [0.717, 1.165) is 5.56 Å². The molecule has 2 nitrogen and oxygen atoms in total. The molecule has 0 amide bonds. The van der Waals surface area contributed by atoms with E-state index in [9.17, 15) is 5.11 Å². The molecule has 3 heteroatoms. The zero-order valence-corrected chi connectivity index (χ0v) is 10.4. The number of benzene rings is 1. The molecule has 0 atom stereocenters. The minimum atomic E-state index is -0.136. The van der Waals surface area contributed by atoms with Gasteiger partial charge in [0.25, 0.3) is 0 Å². The van der Waals surface area contributed by atoms with Crippen molar-refractivity contribution in [3.63, 3.8) is 0 Å². The van der Waals surface area contributed by atoms with Gasteiger partial charge in [0.2, 0.25) is 0 Å². The molecule has 58 valence electrons. The topological polar surface area (TPSA) is 35.4 Å². The van der Waals surface area contributed by atoms with Crippen LogP contribution in [0.25, 0.3) is 0 Å². The van der Waals surface area contributed by atoms with Crippen LogP contribution in [0.15, 0.2) is 35.3 Å². The summed E-state index contributed by atoms with van der Waals surface area (Å²) in [6.45, 7) is 0.234. The summed E-state index contributed by atoms with van der Waals surface area (Å²) in [6.07, 6.45) is 1.72. The van der Waals surface area contributed by atoms with Crippen LogP contribution in [0.2, 0.25) is 0 Å². The summed E-state index contributed by atoms with van der Waals surface area (Å²) in [7, 11) is 0. The van der Waals surface area contributed by atoms with Gasteiger partial charge in [0.1, 0.15) is 0 Å². The number of hydrogen-bond acceptors (Lipinski definition) is 2. The maximum absolute atomic E-state index is 10.0. The Morgan fingerprint density at radius 3 is 2.50 bits per heavy atom. The fourth-order valence-corrected chi connectivity index (χ4v) is 0.762. The predicted octanol–water partition coefficient (Wildman–Crippen LogP) is -2.53. The van der Waals surface area contributed by atoms with Crippen LogP contribution in [0.3, 0.4) is 0 Å². The van der Waals surface area contributed by atoms with Gasteiger partial charge in [-0.2, -0.15) is 0 Å². The molecule has 0 unspecified atom stereocenters. The third-order valence-corrected chi connectivity index (χ3v) is 1.26. The maximum atomic E-state index is 10.0. The summed E-state index contributed by atoms with van der Waals surface area (Å²) in [6, 6.07) is 9.74. The van der Waals surface area contributed by atoms with Crippen LogP contribution in [-0.4, -0.2) is 19.4 Å². The summed E-state index contributed by atoms with van der Waals surface area (Å²) in [5, 5.41) is 10.0. The van der Waals surface area contributed by atoms with Gasteiger partial charge in [0, 0.05) is 12.8 Å². The predicted molar refractivity (Wildman–Crippen MR) is 43.8 cm³/mol. The second-order valence-corrected chi connectivity index (χ2v) is 2.15. The van der Waals surface area contributed by atoms with E-state index in [0.29, 0.717) is 6.54 Å². The molecule has 0 aromatic heterocycles. The van der Waals surface area contributed by atoms with Gasteiger partial charge in [0.15, 0.2) is 0 Å². The van der Waals surface area contributed by atoms with Gasteiger partial charge in [-0.3, -0.25) is 4.99 Å². The van der Waals surface area contributed by atoms with Crippen molar-refractivity contribution in [2.24, 2.45) is 4.99 Å². The SMILES string of the molecule is [K+].[O-]CCN=Cc1ccccc1. The van der Waals surface area contributed by atoms with Crippen molar-refractivity contribution in [3.05, 3.63) is 35.9 Å². The molecule has 1 rings (SSSR count). The summed E-state index contributed by atoms with van der Waals surface area (Å²) < 4.78 is 0. The fraction of sp³-hybridized carbons (Fsp3) is 0.222. The fourth-order valence-electron chi connectivity index (χ4n) is 0.762. The van der Waals surface area contributed by atoms with E-state index in [2.05, 4.69) is 4.99 Å². The van der Waals surface area contributed by atoms with Gasteiger partial charge in [-0.15, -0.1) is 6.61 Å². The van der Waals surface area contributed by atoms with Crippen molar-refractivity contribution in [3.8, 4) is 0 Å².